The summed E-state index contributed by atoms with van der Waals surface area (Å²) in [5.74, 6) is 7.19. The summed E-state index contributed by atoms with van der Waals surface area (Å²) < 4.78 is 1.49. The number of amides is 1. The van der Waals surface area contributed by atoms with Crippen LogP contribution < -0.4 is 5.84 Å². The largest absolute Gasteiger partial charge is 0.338 e. The smallest absolute Gasteiger partial charge is 0.233 e. The van der Waals surface area contributed by atoms with Crippen molar-refractivity contribution in [3.63, 3.8) is 0 Å². The minimum atomic E-state index is -0.184. The van der Waals surface area contributed by atoms with Gasteiger partial charge in [-0.2, -0.15) is 0 Å². The van der Waals surface area contributed by atoms with Gasteiger partial charge in [0.2, 0.25) is 11.1 Å². The summed E-state index contributed by atoms with van der Waals surface area (Å²) in [5, 5.41) is 8.84. The van der Waals surface area contributed by atoms with Crippen LogP contribution in [0.1, 0.15) is 38.6 Å². The van der Waals surface area contributed by atoms with Gasteiger partial charge in [0, 0.05) is 18.5 Å². The summed E-state index contributed by atoms with van der Waals surface area (Å²) in [5.41, 5.74) is 2.36. The highest BCUT2D eigenvalue weighted by atomic mass is 32.2. The van der Waals surface area contributed by atoms with Crippen LogP contribution >= 0.6 is 11.8 Å². The van der Waals surface area contributed by atoms with Crippen LogP contribution in [-0.4, -0.2) is 44.5 Å². The number of hydrogen-bond acceptors (Lipinski definition) is 5. The number of aromatic nitrogens is 3. The zero-order valence-electron chi connectivity index (χ0n) is 15.5. The van der Waals surface area contributed by atoms with Crippen molar-refractivity contribution in [3.8, 4) is 0 Å². The maximum atomic E-state index is 12.5. The number of nitrogens with zero attached hydrogens (tertiary/aromatic N) is 4. The van der Waals surface area contributed by atoms with E-state index in [4.69, 9.17) is 5.84 Å². The minimum absolute atomic E-state index is 0.0960. The molecule has 0 unspecified atom stereocenters. The Morgan fingerprint density at radius 2 is 1.96 bits per heavy atom. The van der Waals surface area contributed by atoms with E-state index in [-0.39, 0.29) is 11.3 Å². The summed E-state index contributed by atoms with van der Waals surface area (Å²) in [4.78, 5) is 14.4. The van der Waals surface area contributed by atoms with Gasteiger partial charge in [-0.3, -0.25) is 4.79 Å². The van der Waals surface area contributed by atoms with E-state index in [1.165, 1.54) is 27.6 Å². The average molecular weight is 372 g/mol. The molecule has 1 amide bonds. The highest BCUT2D eigenvalue weighted by Crippen LogP contribution is 2.25. The molecule has 0 aliphatic carbocycles. The van der Waals surface area contributed by atoms with Gasteiger partial charge < -0.3 is 10.7 Å². The van der Waals surface area contributed by atoms with Gasteiger partial charge in [0.1, 0.15) is 0 Å². The van der Waals surface area contributed by atoms with Crippen molar-refractivity contribution in [2.45, 2.75) is 37.8 Å². The van der Waals surface area contributed by atoms with Gasteiger partial charge in [0.15, 0.2) is 5.82 Å². The maximum Gasteiger partial charge on any atom is 0.233 e. The zero-order chi connectivity index (χ0) is 18.7. The van der Waals surface area contributed by atoms with Crippen molar-refractivity contribution >= 4 is 23.2 Å². The van der Waals surface area contributed by atoms with Crippen molar-refractivity contribution in [2.75, 3.05) is 24.7 Å². The number of nitrogen functional groups attached to an aromatic ring is 1. The first-order chi connectivity index (χ1) is 12.4. The Morgan fingerprint density at radius 1 is 1.23 bits per heavy atom. The number of carbonyl (C=O) groups excluding carboxylic acids is 1. The van der Waals surface area contributed by atoms with E-state index in [0.717, 1.165) is 13.0 Å². The summed E-state index contributed by atoms with van der Waals surface area (Å²) in [6.07, 6.45) is 3.02. The Hall–Kier alpha value is -2.28. The van der Waals surface area contributed by atoms with E-state index < -0.39 is 0 Å². The molecule has 2 heterocycles. The monoisotopic (exact) mass is 371 g/mol. The molecule has 2 aromatic rings. The molecule has 0 bridgehead atoms. The first-order valence-corrected chi connectivity index (χ1v) is 9.71. The second-order valence-electron chi connectivity index (χ2n) is 7.40. The highest BCUT2D eigenvalue weighted by molar-refractivity contribution is 7.99. The maximum absolute atomic E-state index is 12.5. The van der Waals surface area contributed by atoms with Gasteiger partial charge >= 0.3 is 0 Å². The summed E-state index contributed by atoms with van der Waals surface area (Å²) in [6, 6.07) is 10.3. The van der Waals surface area contributed by atoms with E-state index in [1.54, 1.807) is 0 Å². The Labute approximate surface area is 158 Å². The average Bonchev–Trinajstić information content (AvgIpc) is 3.01. The Morgan fingerprint density at radius 3 is 2.54 bits per heavy atom. The molecule has 0 atom stereocenters. The lowest BCUT2D eigenvalue weighted by Crippen LogP contribution is -2.36. The fourth-order valence-electron chi connectivity index (χ4n) is 2.91. The Kier molecular flexibility index (Phi) is 5.36. The number of hydrogen-bond donors (Lipinski definition) is 1. The van der Waals surface area contributed by atoms with Gasteiger partial charge in [-0.1, -0.05) is 68.9 Å². The second kappa shape index (κ2) is 7.53. The minimum Gasteiger partial charge on any atom is -0.338 e. The number of nitrogens with two attached hydrogens (primary N) is 1. The van der Waals surface area contributed by atoms with Gasteiger partial charge in [0.25, 0.3) is 0 Å². The first-order valence-electron chi connectivity index (χ1n) is 8.72. The summed E-state index contributed by atoms with van der Waals surface area (Å²) in [7, 11) is 0. The van der Waals surface area contributed by atoms with Gasteiger partial charge in [-0.05, 0) is 17.6 Å². The molecule has 138 valence electrons. The highest BCUT2D eigenvalue weighted by Gasteiger charge is 2.24. The number of thioether (sulfide) groups is 1. The molecule has 26 heavy (non-hydrogen) atoms. The molecule has 3 rings (SSSR count). The van der Waals surface area contributed by atoms with Crippen LogP contribution in [0.4, 0.5) is 0 Å². The first kappa shape index (κ1) is 18.5. The standard InChI is InChI=1S/C19H25N5OS/c1-19(2,3)17-21-22-18(24(17)20)26-13-16(25)23-11-9-15(10-12-23)14-7-5-4-6-8-14/h4-9H,10-13,20H2,1-3H3. The van der Waals surface area contributed by atoms with E-state index in [9.17, 15) is 4.79 Å². The van der Waals surface area contributed by atoms with Gasteiger partial charge in [0.05, 0.1) is 5.75 Å². The van der Waals surface area contributed by atoms with Crippen LogP contribution in [0.5, 0.6) is 0 Å². The van der Waals surface area contributed by atoms with Crippen LogP contribution in [-0.2, 0) is 10.2 Å². The molecule has 0 fully saturated rings. The fraction of sp³-hybridized carbons (Fsp3) is 0.421. The third-order valence-corrected chi connectivity index (χ3v) is 5.29. The molecule has 1 aliphatic heterocycles. The molecule has 0 radical (unpaired) electrons. The zero-order valence-corrected chi connectivity index (χ0v) is 16.3. The van der Waals surface area contributed by atoms with Gasteiger partial charge in [-0.15, -0.1) is 10.2 Å². The lowest BCUT2D eigenvalue weighted by Gasteiger charge is -2.26. The molecule has 1 aliphatic rings. The number of carbonyl (C=O) groups is 1. The lowest BCUT2D eigenvalue weighted by atomic mass is 9.96. The van der Waals surface area contributed by atoms with E-state index in [2.05, 4.69) is 28.4 Å². The molecular weight excluding hydrogens is 346 g/mol. The molecule has 6 nitrogen and oxygen atoms in total. The molecular formula is C19H25N5OS. The molecule has 0 saturated carbocycles. The lowest BCUT2D eigenvalue weighted by molar-refractivity contribution is -0.127. The number of rotatable bonds is 4. The van der Waals surface area contributed by atoms with Crippen LogP contribution in [0.15, 0.2) is 41.6 Å². The quantitative estimate of drug-likeness (QED) is 0.660. The van der Waals surface area contributed by atoms with Crippen molar-refractivity contribution in [1.29, 1.82) is 0 Å². The van der Waals surface area contributed by atoms with Crippen molar-refractivity contribution < 1.29 is 4.79 Å². The predicted molar refractivity (Wildman–Crippen MR) is 105 cm³/mol. The number of benzene rings is 1. The predicted octanol–water partition coefficient (Wildman–Crippen LogP) is 2.70. The second-order valence-corrected chi connectivity index (χ2v) is 8.34. The van der Waals surface area contributed by atoms with Crippen LogP contribution in [0, 0.1) is 0 Å². The van der Waals surface area contributed by atoms with Crippen molar-refractivity contribution in [3.05, 3.63) is 47.8 Å². The van der Waals surface area contributed by atoms with Crippen LogP contribution in [0.2, 0.25) is 0 Å². The van der Waals surface area contributed by atoms with Crippen molar-refractivity contribution in [1.82, 2.24) is 19.8 Å². The van der Waals surface area contributed by atoms with Crippen LogP contribution in [0.25, 0.3) is 5.57 Å². The molecule has 1 aromatic heterocycles. The summed E-state index contributed by atoms with van der Waals surface area (Å²) in [6.45, 7) is 7.48. The molecule has 1 aromatic carbocycles. The third-order valence-electron chi connectivity index (χ3n) is 4.37. The topological polar surface area (TPSA) is 77.0 Å². The Balaban J connectivity index is 1.57. The van der Waals surface area contributed by atoms with Crippen molar-refractivity contribution in [2.24, 2.45) is 0 Å². The fourth-order valence-corrected chi connectivity index (χ4v) is 3.67. The van der Waals surface area contributed by atoms with Crippen LogP contribution in [0.3, 0.4) is 0 Å². The molecule has 0 saturated heterocycles. The summed E-state index contributed by atoms with van der Waals surface area (Å²) >= 11 is 1.34. The molecule has 7 heteroatoms. The molecule has 2 N–H and O–H groups in total. The SMILES string of the molecule is CC(C)(C)c1nnc(SCC(=O)N2CC=C(c3ccccc3)CC2)n1N. The molecule has 0 spiro atoms. The Bertz CT molecular complexity index is 807. The van der Waals surface area contributed by atoms with E-state index >= 15 is 0 Å². The van der Waals surface area contributed by atoms with E-state index in [0.29, 0.717) is 23.3 Å². The third kappa shape index (κ3) is 4.09. The van der Waals surface area contributed by atoms with E-state index in [1.807, 2.05) is 43.9 Å². The van der Waals surface area contributed by atoms with Gasteiger partial charge in [-0.25, -0.2) is 4.68 Å². The normalized spacial score (nSPS) is 15.0.